The van der Waals surface area contributed by atoms with Gasteiger partial charge in [0, 0.05) is 17.5 Å². The number of nitrogens with zero attached hydrogens (tertiary/aromatic N) is 3. The van der Waals surface area contributed by atoms with Gasteiger partial charge in [0.25, 0.3) is 0 Å². The van der Waals surface area contributed by atoms with Crippen LogP contribution in [0.3, 0.4) is 0 Å². The van der Waals surface area contributed by atoms with Crippen molar-refractivity contribution in [1.29, 1.82) is 0 Å². The number of nitrogens with one attached hydrogen (secondary N) is 1. The molecule has 0 aliphatic rings. The average molecular weight is 189 g/mol. The molecule has 14 heavy (non-hydrogen) atoms. The number of hydrogen-bond donors (Lipinski definition) is 2. The quantitative estimate of drug-likeness (QED) is 0.703. The van der Waals surface area contributed by atoms with Crippen LogP contribution < -0.4 is 5.73 Å². The summed E-state index contributed by atoms with van der Waals surface area (Å²) in [6.07, 6.45) is 1.70. The first kappa shape index (κ1) is 8.68. The zero-order valence-corrected chi connectivity index (χ0v) is 8.07. The van der Waals surface area contributed by atoms with E-state index in [4.69, 9.17) is 5.73 Å². The van der Waals surface area contributed by atoms with Gasteiger partial charge in [-0.3, -0.25) is 5.10 Å². The first-order chi connectivity index (χ1) is 6.66. The molecule has 3 N–H and O–H groups in total. The number of aromatic nitrogens is 4. The van der Waals surface area contributed by atoms with Crippen LogP contribution in [0.5, 0.6) is 0 Å². The minimum atomic E-state index is 0.480. The molecule has 5 nitrogen and oxygen atoms in total. The second-order valence-electron chi connectivity index (χ2n) is 3.17. The van der Waals surface area contributed by atoms with Gasteiger partial charge in [0.05, 0.1) is 11.8 Å². The minimum Gasteiger partial charge on any atom is -0.384 e. The summed E-state index contributed by atoms with van der Waals surface area (Å²) in [6.45, 7) is 3.81. The van der Waals surface area contributed by atoms with Crippen LogP contribution in [0.1, 0.15) is 11.4 Å². The number of nitrogen functional groups attached to an aromatic ring is 1. The molecule has 0 aromatic carbocycles. The summed E-state index contributed by atoms with van der Waals surface area (Å²) in [7, 11) is 0. The summed E-state index contributed by atoms with van der Waals surface area (Å²) < 4.78 is 0. The molecular formula is C9H11N5. The van der Waals surface area contributed by atoms with E-state index in [1.54, 1.807) is 12.3 Å². The van der Waals surface area contributed by atoms with Crippen molar-refractivity contribution in [2.75, 3.05) is 5.73 Å². The van der Waals surface area contributed by atoms with Gasteiger partial charge in [0.15, 0.2) is 5.82 Å². The molecule has 0 amide bonds. The molecule has 2 heterocycles. The normalized spacial score (nSPS) is 10.4. The fourth-order valence-electron chi connectivity index (χ4n) is 1.29. The Morgan fingerprint density at radius 2 is 2.07 bits per heavy atom. The van der Waals surface area contributed by atoms with Gasteiger partial charge in [0.1, 0.15) is 5.82 Å². The molecule has 5 heteroatoms. The van der Waals surface area contributed by atoms with Crippen molar-refractivity contribution in [3.63, 3.8) is 0 Å². The summed E-state index contributed by atoms with van der Waals surface area (Å²) >= 11 is 0. The molecule has 0 saturated heterocycles. The summed E-state index contributed by atoms with van der Waals surface area (Å²) in [6, 6.07) is 1.74. The molecule has 0 aliphatic heterocycles. The molecule has 0 atom stereocenters. The Bertz CT molecular complexity index is 440. The van der Waals surface area contributed by atoms with Crippen molar-refractivity contribution in [2.45, 2.75) is 13.8 Å². The molecule has 0 aliphatic carbocycles. The van der Waals surface area contributed by atoms with E-state index in [-0.39, 0.29) is 0 Å². The zero-order chi connectivity index (χ0) is 10.1. The van der Waals surface area contributed by atoms with Gasteiger partial charge >= 0.3 is 0 Å². The lowest BCUT2D eigenvalue weighted by Crippen LogP contribution is -1.97. The molecular weight excluding hydrogens is 178 g/mol. The molecule has 0 radical (unpaired) electrons. The van der Waals surface area contributed by atoms with Crippen LogP contribution in [-0.2, 0) is 0 Å². The summed E-state index contributed by atoms with van der Waals surface area (Å²) in [5, 5.41) is 6.75. The number of nitrogens with two attached hydrogens (primary N) is 1. The fourth-order valence-corrected chi connectivity index (χ4v) is 1.29. The number of hydrogen-bond acceptors (Lipinski definition) is 4. The minimum absolute atomic E-state index is 0.480. The molecule has 0 saturated carbocycles. The molecule has 2 aromatic heterocycles. The van der Waals surface area contributed by atoms with Gasteiger partial charge in [-0.2, -0.15) is 5.10 Å². The van der Waals surface area contributed by atoms with Crippen LogP contribution >= 0.6 is 0 Å². The Balaban J connectivity index is 2.57. The Kier molecular flexibility index (Phi) is 1.92. The summed E-state index contributed by atoms with van der Waals surface area (Å²) in [5.74, 6) is 1.10. The average Bonchev–Trinajstić information content (AvgIpc) is 2.49. The van der Waals surface area contributed by atoms with E-state index in [1.807, 2.05) is 13.8 Å². The number of anilines is 1. The maximum absolute atomic E-state index is 5.63. The predicted octanol–water partition coefficient (Wildman–Crippen LogP) is 1.07. The standard InChI is InChI=1S/C9H11N5/c1-5-3-8(10)13-9(12-5)7-4-11-14-6(7)2/h3-4H,1-2H3,(H,11,14)(H2,10,12,13). The van der Waals surface area contributed by atoms with Gasteiger partial charge in [-0.1, -0.05) is 0 Å². The Morgan fingerprint density at radius 3 is 2.64 bits per heavy atom. The van der Waals surface area contributed by atoms with Crippen LogP contribution in [0.15, 0.2) is 12.3 Å². The van der Waals surface area contributed by atoms with Crippen LogP contribution in [0, 0.1) is 13.8 Å². The molecule has 72 valence electrons. The van der Waals surface area contributed by atoms with E-state index >= 15 is 0 Å². The smallest absolute Gasteiger partial charge is 0.165 e. The summed E-state index contributed by atoms with van der Waals surface area (Å²) in [5.41, 5.74) is 8.32. The Labute approximate surface area is 81.4 Å². The number of aryl methyl sites for hydroxylation is 2. The third-order valence-electron chi connectivity index (χ3n) is 1.94. The first-order valence-electron chi connectivity index (χ1n) is 4.28. The maximum atomic E-state index is 5.63. The number of aromatic amines is 1. The van der Waals surface area contributed by atoms with E-state index in [0.717, 1.165) is 17.0 Å². The van der Waals surface area contributed by atoms with E-state index in [0.29, 0.717) is 11.6 Å². The van der Waals surface area contributed by atoms with Crippen LogP contribution in [0.2, 0.25) is 0 Å². The van der Waals surface area contributed by atoms with E-state index in [1.165, 1.54) is 0 Å². The predicted molar refractivity (Wildman–Crippen MR) is 53.5 cm³/mol. The Hall–Kier alpha value is -1.91. The maximum Gasteiger partial charge on any atom is 0.165 e. The topological polar surface area (TPSA) is 80.5 Å². The highest BCUT2D eigenvalue weighted by molar-refractivity contribution is 5.58. The Morgan fingerprint density at radius 1 is 1.29 bits per heavy atom. The van der Waals surface area contributed by atoms with E-state index in [9.17, 15) is 0 Å². The molecule has 0 fully saturated rings. The number of H-pyrrole nitrogens is 1. The highest BCUT2D eigenvalue weighted by Crippen LogP contribution is 2.18. The van der Waals surface area contributed by atoms with Gasteiger partial charge in [-0.15, -0.1) is 0 Å². The van der Waals surface area contributed by atoms with Gasteiger partial charge in [-0.05, 0) is 13.8 Å². The van der Waals surface area contributed by atoms with E-state index in [2.05, 4.69) is 20.2 Å². The largest absolute Gasteiger partial charge is 0.384 e. The molecule has 0 spiro atoms. The van der Waals surface area contributed by atoms with Crippen molar-refractivity contribution in [1.82, 2.24) is 20.2 Å². The van der Waals surface area contributed by atoms with Crippen molar-refractivity contribution < 1.29 is 0 Å². The summed E-state index contributed by atoms with van der Waals surface area (Å²) in [4.78, 5) is 8.43. The van der Waals surface area contributed by atoms with E-state index < -0.39 is 0 Å². The second kappa shape index (κ2) is 3.10. The SMILES string of the molecule is Cc1cc(N)nc(-c2cn[nH]c2C)n1. The first-order valence-corrected chi connectivity index (χ1v) is 4.28. The third-order valence-corrected chi connectivity index (χ3v) is 1.94. The highest BCUT2D eigenvalue weighted by atomic mass is 15.1. The molecule has 2 aromatic rings. The van der Waals surface area contributed by atoms with Crippen molar-refractivity contribution in [3.8, 4) is 11.4 Å². The lowest BCUT2D eigenvalue weighted by molar-refractivity contribution is 1.05. The molecule has 2 rings (SSSR count). The molecule has 0 bridgehead atoms. The number of rotatable bonds is 1. The van der Waals surface area contributed by atoms with Crippen molar-refractivity contribution in [2.24, 2.45) is 0 Å². The van der Waals surface area contributed by atoms with Crippen molar-refractivity contribution >= 4 is 5.82 Å². The van der Waals surface area contributed by atoms with Crippen LogP contribution in [0.25, 0.3) is 11.4 Å². The van der Waals surface area contributed by atoms with Crippen LogP contribution in [0.4, 0.5) is 5.82 Å². The third kappa shape index (κ3) is 1.44. The van der Waals surface area contributed by atoms with Gasteiger partial charge in [-0.25, -0.2) is 9.97 Å². The fraction of sp³-hybridized carbons (Fsp3) is 0.222. The lowest BCUT2D eigenvalue weighted by Gasteiger charge is -2.00. The highest BCUT2D eigenvalue weighted by Gasteiger charge is 2.07. The van der Waals surface area contributed by atoms with Gasteiger partial charge in [0.2, 0.25) is 0 Å². The van der Waals surface area contributed by atoms with Crippen molar-refractivity contribution in [3.05, 3.63) is 23.7 Å². The zero-order valence-electron chi connectivity index (χ0n) is 8.07. The van der Waals surface area contributed by atoms with Gasteiger partial charge < -0.3 is 5.73 Å². The lowest BCUT2D eigenvalue weighted by atomic mass is 10.2. The second-order valence-corrected chi connectivity index (χ2v) is 3.17. The molecule has 0 unspecified atom stereocenters. The van der Waals surface area contributed by atoms with Crippen LogP contribution in [-0.4, -0.2) is 20.2 Å². The monoisotopic (exact) mass is 189 g/mol.